The van der Waals surface area contributed by atoms with Crippen LogP contribution in [0.1, 0.15) is 39.3 Å². The minimum absolute atomic E-state index is 0.0814. The number of rotatable bonds is 6. The van der Waals surface area contributed by atoms with Crippen LogP contribution in [0.15, 0.2) is 53.6 Å². The first-order chi connectivity index (χ1) is 15.9. The highest BCUT2D eigenvalue weighted by Gasteiger charge is 2.26. The zero-order valence-electron chi connectivity index (χ0n) is 18.7. The summed E-state index contributed by atoms with van der Waals surface area (Å²) in [6, 6.07) is 10.1. The molecule has 0 unspecified atom stereocenters. The summed E-state index contributed by atoms with van der Waals surface area (Å²) in [6.07, 6.45) is 5.52. The Balaban J connectivity index is 1.37. The molecule has 1 aromatic carbocycles. The first-order valence-corrected chi connectivity index (χ1v) is 10.9. The fourth-order valence-electron chi connectivity index (χ4n) is 4.09. The van der Waals surface area contributed by atoms with Crippen LogP contribution in [0.25, 0.3) is 0 Å². The number of piperidine rings is 1. The maximum absolute atomic E-state index is 12.9. The third-order valence-corrected chi connectivity index (χ3v) is 5.91. The van der Waals surface area contributed by atoms with Gasteiger partial charge in [0.15, 0.2) is 0 Å². The number of nitrogens with zero attached hydrogens (tertiary/aromatic N) is 3. The van der Waals surface area contributed by atoms with Gasteiger partial charge in [-0.15, -0.1) is 0 Å². The van der Waals surface area contributed by atoms with Crippen molar-refractivity contribution in [1.82, 2.24) is 19.7 Å². The lowest BCUT2D eigenvalue weighted by molar-refractivity contribution is 0.0689. The summed E-state index contributed by atoms with van der Waals surface area (Å²) in [5.41, 5.74) is 2.25. The molecular weight excluding hydrogens is 422 g/mol. The first kappa shape index (κ1) is 22.3. The molecule has 9 heteroatoms. The van der Waals surface area contributed by atoms with E-state index in [1.807, 2.05) is 0 Å². The van der Waals surface area contributed by atoms with Gasteiger partial charge in [0.25, 0.3) is 11.8 Å². The smallest absolute Gasteiger partial charge is 0.259 e. The van der Waals surface area contributed by atoms with Gasteiger partial charge in [-0.1, -0.05) is 0 Å². The fourth-order valence-corrected chi connectivity index (χ4v) is 4.09. The standard InChI is InChI=1S/C24H27N5O4/c1-28-15-20(23(31)26-18-4-6-19(33-2)7-5-18)21(27-28)13-16-9-11-29(12-10-16)24(32)17-3-8-22(30)25-14-17/h3-8,14-16H,9-13H2,1-2H3,(H,25,30)(H,26,31). The fraction of sp³-hybridized carbons (Fsp3) is 0.333. The van der Waals surface area contributed by atoms with E-state index in [0.29, 0.717) is 42.2 Å². The molecule has 0 saturated carbocycles. The van der Waals surface area contributed by atoms with Crippen molar-refractivity contribution in [2.24, 2.45) is 13.0 Å². The number of hydrogen-bond acceptors (Lipinski definition) is 5. The van der Waals surface area contributed by atoms with Gasteiger partial charge in [0.1, 0.15) is 5.75 Å². The first-order valence-electron chi connectivity index (χ1n) is 10.9. The second-order valence-corrected chi connectivity index (χ2v) is 8.23. The van der Waals surface area contributed by atoms with E-state index in [2.05, 4.69) is 15.4 Å². The zero-order valence-corrected chi connectivity index (χ0v) is 18.7. The van der Waals surface area contributed by atoms with Crippen molar-refractivity contribution >= 4 is 17.5 Å². The Labute approximate surface area is 191 Å². The Morgan fingerprint density at radius 3 is 2.52 bits per heavy atom. The van der Waals surface area contributed by atoms with Gasteiger partial charge < -0.3 is 19.9 Å². The van der Waals surface area contributed by atoms with Gasteiger partial charge >= 0.3 is 0 Å². The number of pyridine rings is 1. The number of methoxy groups -OCH3 is 1. The predicted octanol–water partition coefficient (Wildman–Crippen LogP) is 2.46. The van der Waals surface area contributed by atoms with Gasteiger partial charge in [0.2, 0.25) is 5.56 Å². The molecule has 9 nitrogen and oxygen atoms in total. The molecule has 0 bridgehead atoms. The van der Waals surface area contributed by atoms with Gasteiger partial charge in [-0.2, -0.15) is 5.10 Å². The summed E-state index contributed by atoms with van der Waals surface area (Å²) in [4.78, 5) is 41.1. The van der Waals surface area contributed by atoms with Gasteiger partial charge in [0, 0.05) is 44.3 Å². The summed E-state index contributed by atoms with van der Waals surface area (Å²) in [5, 5.41) is 7.45. The van der Waals surface area contributed by atoms with E-state index in [4.69, 9.17) is 4.74 Å². The van der Waals surface area contributed by atoms with E-state index in [-0.39, 0.29) is 17.4 Å². The van der Waals surface area contributed by atoms with Crippen LogP contribution in [0.4, 0.5) is 5.69 Å². The number of ether oxygens (including phenoxy) is 1. The molecule has 1 fully saturated rings. The molecule has 0 radical (unpaired) electrons. The summed E-state index contributed by atoms with van der Waals surface area (Å²) >= 11 is 0. The molecule has 0 atom stereocenters. The number of aromatic amines is 1. The molecule has 2 amide bonds. The molecule has 0 aliphatic carbocycles. The quantitative estimate of drug-likeness (QED) is 0.601. The topological polar surface area (TPSA) is 109 Å². The van der Waals surface area contributed by atoms with Crippen molar-refractivity contribution in [3.63, 3.8) is 0 Å². The normalized spacial score (nSPS) is 14.2. The Hall–Kier alpha value is -3.88. The lowest BCUT2D eigenvalue weighted by Gasteiger charge is -2.32. The third kappa shape index (κ3) is 5.31. The lowest BCUT2D eigenvalue weighted by atomic mass is 9.91. The number of H-pyrrole nitrogens is 1. The van der Waals surface area contributed by atoms with Crippen LogP contribution in [0.5, 0.6) is 5.75 Å². The van der Waals surface area contributed by atoms with Crippen molar-refractivity contribution in [3.05, 3.63) is 76.0 Å². The van der Waals surface area contributed by atoms with Crippen LogP contribution in [-0.4, -0.2) is 51.7 Å². The Morgan fingerprint density at radius 2 is 1.88 bits per heavy atom. The zero-order chi connectivity index (χ0) is 23.4. The van der Waals surface area contributed by atoms with Gasteiger partial charge in [-0.05, 0) is 55.5 Å². The average Bonchev–Trinajstić information content (AvgIpc) is 3.20. The van der Waals surface area contributed by atoms with Crippen LogP contribution >= 0.6 is 0 Å². The van der Waals surface area contributed by atoms with E-state index >= 15 is 0 Å². The second kappa shape index (κ2) is 9.72. The maximum atomic E-state index is 12.9. The molecule has 3 heterocycles. The number of aromatic nitrogens is 3. The number of carbonyl (C=O) groups is 2. The molecular formula is C24H27N5O4. The Kier molecular flexibility index (Phi) is 6.58. The predicted molar refractivity (Wildman–Crippen MR) is 124 cm³/mol. The number of aryl methyl sites for hydroxylation is 1. The molecule has 3 aromatic rings. The van der Waals surface area contributed by atoms with Crippen LogP contribution in [0.2, 0.25) is 0 Å². The number of nitrogens with one attached hydrogen (secondary N) is 2. The van der Waals surface area contributed by atoms with Crippen LogP contribution in [0.3, 0.4) is 0 Å². The van der Waals surface area contributed by atoms with Crippen molar-refractivity contribution in [1.29, 1.82) is 0 Å². The summed E-state index contributed by atoms with van der Waals surface area (Å²) in [6.45, 7) is 1.26. The third-order valence-electron chi connectivity index (χ3n) is 5.91. The number of likely N-dealkylation sites (tertiary alicyclic amines) is 1. The summed E-state index contributed by atoms with van der Waals surface area (Å²) in [5.74, 6) is 0.767. The van der Waals surface area contributed by atoms with Crippen molar-refractivity contribution < 1.29 is 14.3 Å². The largest absolute Gasteiger partial charge is 0.497 e. The molecule has 1 aliphatic heterocycles. The van der Waals surface area contributed by atoms with E-state index < -0.39 is 0 Å². The van der Waals surface area contributed by atoms with Crippen molar-refractivity contribution in [2.75, 3.05) is 25.5 Å². The average molecular weight is 450 g/mol. The minimum atomic E-state index is -0.229. The maximum Gasteiger partial charge on any atom is 0.259 e. The monoisotopic (exact) mass is 449 g/mol. The SMILES string of the molecule is COc1ccc(NC(=O)c2cn(C)nc2CC2CCN(C(=O)c3ccc(=O)[nH]c3)CC2)cc1. The van der Waals surface area contributed by atoms with Gasteiger partial charge in [-0.25, -0.2) is 0 Å². The highest BCUT2D eigenvalue weighted by Crippen LogP contribution is 2.24. The Bertz CT molecular complexity index is 1170. The van der Waals surface area contributed by atoms with E-state index in [1.54, 1.807) is 60.3 Å². The number of benzene rings is 1. The molecule has 2 aromatic heterocycles. The van der Waals surface area contributed by atoms with Gasteiger partial charge in [0.05, 0.1) is 23.9 Å². The lowest BCUT2D eigenvalue weighted by Crippen LogP contribution is -2.39. The molecule has 1 aliphatic rings. The molecule has 0 spiro atoms. The number of carbonyl (C=O) groups excluding carboxylic acids is 2. The molecule has 172 valence electrons. The van der Waals surface area contributed by atoms with Crippen molar-refractivity contribution in [2.45, 2.75) is 19.3 Å². The summed E-state index contributed by atoms with van der Waals surface area (Å²) < 4.78 is 6.81. The number of amides is 2. The van der Waals surface area contributed by atoms with E-state index in [1.165, 1.54) is 12.3 Å². The van der Waals surface area contributed by atoms with E-state index in [9.17, 15) is 14.4 Å². The minimum Gasteiger partial charge on any atom is -0.497 e. The molecule has 4 rings (SSSR count). The highest BCUT2D eigenvalue weighted by atomic mass is 16.5. The van der Waals surface area contributed by atoms with Crippen LogP contribution in [0, 0.1) is 5.92 Å². The van der Waals surface area contributed by atoms with Crippen LogP contribution < -0.4 is 15.6 Å². The Morgan fingerprint density at radius 1 is 1.15 bits per heavy atom. The molecule has 33 heavy (non-hydrogen) atoms. The highest BCUT2D eigenvalue weighted by molar-refractivity contribution is 6.05. The molecule has 2 N–H and O–H groups in total. The number of hydrogen-bond donors (Lipinski definition) is 2. The molecule has 1 saturated heterocycles. The van der Waals surface area contributed by atoms with E-state index in [0.717, 1.165) is 24.3 Å². The number of anilines is 1. The van der Waals surface area contributed by atoms with Crippen molar-refractivity contribution in [3.8, 4) is 5.75 Å². The van der Waals surface area contributed by atoms with Crippen LogP contribution in [-0.2, 0) is 13.5 Å². The second-order valence-electron chi connectivity index (χ2n) is 8.23. The van der Waals surface area contributed by atoms with Gasteiger partial charge in [-0.3, -0.25) is 19.1 Å². The summed E-state index contributed by atoms with van der Waals surface area (Å²) in [7, 11) is 3.40.